The first-order valence-electron chi connectivity index (χ1n) is 11.8. The van der Waals surface area contributed by atoms with Gasteiger partial charge >= 0.3 is 11.9 Å². The van der Waals surface area contributed by atoms with Crippen LogP contribution in [0.3, 0.4) is 0 Å². The molecule has 1 atom stereocenters. The van der Waals surface area contributed by atoms with Gasteiger partial charge in [-0.25, -0.2) is 9.59 Å². The van der Waals surface area contributed by atoms with Crippen LogP contribution in [0.5, 0.6) is 5.75 Å². The monoisotopic (exact) mass is 480 g/mol. The van der Waals surface area contributed by atoms with E-state index in [-0.39, 0.29) is 6.61 Å². The van der Waals surface area contributed by atoms with Crippen molar-refractivity contribution in [2.45, 2.75) is 26.1 Å². The molecule has 0 aromatic heterocycles. The van der Waals surface area contributed by atoms with E-state index in [9.17, 15) is 9.59 Å². The van der Waals surface area contributed by atoms with Crippen LogP contribution < -0.4 is 4.74 Å². The first kappa shape index (κ1) is 24.7. The molecule has 0 radical (unpaired) electrons. The van der Waals surface area contributed by atoms with Crippen LogP contribution in [0, 0.1) is 0 Å². The lowest BCUT2D eigenvalue weighted by atomic mass is 9.99. The second-order valence-electron chi connectivity index (χ2n) is 8.44. The molecule has 0 saturated heterocycles. The van der Waals surface area contributed by atoms with Crippen LogP contribution in [-0.2, 0) is 27.3 Å². The van der Waals surface area contributed by atoms with Gasteiger partial charge in [0.25, 0.3) is 0 Å². The Morgan fingerprint density at radius 2 is 1.25 bits per heavy atom. The predicted molar refractivity (Wildman–Crippen MR) is 139 cm³/mol. The van der Waals surface area contributed by atoms with Gasteiger partial charge in [-0.2, -0.15) is 0 Å². The molecule has 0 spiro atoms. The molecule has 4 aromatic rings. The summed E-state index contributed by atoms with van der Waals surface area (Å²) in [5.74, 6) is -0.307. The van der Waals surface area contributed by atoms with Gasteiger partial charge in [-0.05, 0) is 65.4 Å². The predicted octanol–water partition coefficient (Wildman–Crippen LogP) is 6.24. The summed E-state index contributed by atoms with van der Waals surface area (Å²) in [6, 6.07) is 32.9. The molecule has 36 heavy (non-hydrogen) atoms. The highest BCUT2D eigenvalue weighted by Gasteiger charge is 2.20. The molecular formula is C31H28O5. The number of hydrogen-bond acceptors (Lipinski definition) is 5. The molecular weight excluding hydrogens is 452 g/mol. The minimum atomic E-state index is -1.00. The molecule has 0 aliphatic heterocycles. The smallest absolute Gasteiger partial charge is 0.347 e. The molecule has 4 aromatic carbocycles. The van der Waals surface area contributed by atoms with Gasteiger partial charge in [0, 0.05) is 0 Å². The summed E-state index contributed by atoms with van der Waals surface area (Å²) in [5.41, 5.74) is 5.69. The van der Waals surface area contributed by atoms with Gasteiger partial charge in [-0.15, -0.1) is 0 Å². The average molecular weight is 481 g/mol. The van der Waals surface area contributed by atoms with E-state index >= 15 is 0 Å². The fourth-order valence-electron chi connectivity index (χ4n) is 3.72. The summed E-state index contributed by atoms with van der Waals surface area (Å²) < 4.78 is 15.7. The Kier molecular flexibility index (Phi) is 8.14. The Morgan fingerprint density at radius 1 is 0.694 bits per heavy atom. The molecule has 0 aliphatic rings. The zero-order valence-corrected chi connectivity index (χ0v) is 20.3. The molecule has 5 heteroatoms. The van der Waals surface area contributed by atoms with Crippen molar-refractivity contribution in [2.24, 2.45) is 0 Å². The SMILES string of the molecule is COc1ccc(Cc2ccc(-c3ccc(C(=O)OC(C)C(=O)OCc4ccccc4)cc3)cc2)cc1. The van der Waals surface area contributed by atoms with Gasteiger partial charge in [-0.1, -0.05) is 78.9 Å². The zero-order valence-electron chi connectivity index (χ0n) is 20.3. The maximum atomic E-state index is 12.5. The van der Waals surface area contributed by atoms with E-state index in [1.807, 2.05) is 54.6 Å². The third-order valence-electron chi connectivity index (χ3n) is 5.81. The van der Waals surface area contributed by atoms with Gasteiger partial charge < -0.3 is 14.2 Å². The highest BCUT2D eigenvalue weighted by molar-refractivity contribution is 5.92. The van der Waals surface area contributed by atoms with Crippen molar-refractivity contribution in [3.05, 3.63) is 125 Å². The Bertz CT molecular complexity index is 1280. The zero-order chi connectivity index (χ0) is 25.3. The van der Waals surface area contributed by atoms with Gasteiger partial charge in [0.1, 0.15) is 12.4 Å². The van der Waals surface area contributed by atoms with Crippen LogP contribution in [0.2, 0.25) is 0 Å². The van der Waals surface area contributed by atoms with E-state index < -0.39 is 18.0 Å². The van der Waals surface area contributed by atoms with Crippen molar-refractivity contribution in [3.63, 3.8) is 0 Å². The number of ether oxygens (including phenoxy) is 3. The standard InChI is InChI=1S/C31H28O5/c1-22(30(32)35-21-25-6-4-3-5-7-25)36-31(33)28-16-14-27(15-17-28)26-12-8-23(9-13-26)20-24-10-18-29(34-2)19-11-24/h3-19,22H,20-21H2,1-2H3. The van der Waals surface area contributed by atoms with Crippen molar-refractivity contribution in [2.75, 3.05) is 7.11 Å². The highest BCUT2D eigenvalue weighted by atomic mass is 16.6. The first-order chi connectivity index (χ1) is 17.5. The van der Waals surface area contributed by atoms with E-state index in [2.05, 4.69) is 36.4 Å². The minimum absolute atomic E-state index is 0.134. The molecule has 0 amide bonds. The summed E-state index contributed by atoms with van der Waals surface area (Å²) in [5, 5.41) is 0. The van der Waals surface area contributed by atoms with Crippen molar-refractivity contribution in [1.29, 1.82) is 0 Å². The molecule has 182 valence electrons. The quantitative estimate of drug-likeness (QED) is 0.265. The Morgan fingerprint density at radius 3 is 1.83 bits per heavy atom. The fraction of sp³-hybridized carbons (Fsp3) is 0.161. The van der Waals surface area contributed by atoms with E-state index in [0.717, 1.165) is 28.9 Å². The molecule has 0 heterocycles. The van der Waals surface area contributed by atoms with Crippen molar-refractivity contribution in [3.8, 4) is 16.9 Å². The van der Waals surface area contributed by atoms with Crippen molar-refractivity contribution in [1.82, 2.24) is 0 Å². The molecule has 4 rings (SSSR count). The third kappa shape index (κ3) is 6.60. The molecule has 0 bridgehead atoms. The third-order valence-corrected chi connectivity index (χ3v) is 5.81. The second-order valence-corrected chi connectivity index (χ2v) is 8.44. The van der Waals surface area contributed by atoms with Crippen molar-refractivity contribution < 1.29 is 23.8 Å². The number of hydrogen-bond donors (Lipinski definition) is 0. The molecule has 0 N–H and O–H groups in total. The number of carbonyl (C=O) groups is 2. The van der Waals surface area contributed by atoms with E-state index in [0.29, 0.717) is 5.56 Å². The number of esters is 2. The summed E-state index contributed by atoms with van der Waals surface area (Å²) in [6.07, 6.45) is -0.166. The molecule has 0 aliphatic carbocycles. The summed E-state index contributed by atoms with van der Waals surface area (Å²) in [4.78, 5) is 24.7. The van der Waals surface area contributed by atoms with Crippen LogP contribution in [0.15, 0.2) is 103 Å². The summed E-state index contributed by atoms with van der Waals surface area (Å²) in [6.45, 7) is 1.64. The first-order valence-corrected chi connectivity index (χ1v) is 11.8. The topological polar surface area (TPSA) is 61.8 Å². The van der Waals surface area contributed by atoms with E-state index in [4.69, 9.17) is 14.2 Å². The van der Waals surface area contributed by atoms with Crippen LogP contribution in [0.4, 0.5) is 0 Å². The fourth-order valence-corrected chi connectivity index (χ4v) is 3.72. The van der Waals surface area contributed by atoms with E-state index in [1.54, 1.807) is 19.2 Å². The Balaban J connectivity index is 1.31. The Labute approximate surface area is 211 Å². The van der Waals surface area contributed by atoms with Crippen LogP contribution >= 0.6 is 0 Å². The van der Waals surface area contributed by atoms with Crippen LogP contribution in [0.1, 0.15) is 34.0 Å². The lowest BCUT2D eigenvalue weighted by Gasteiger charge is -2.13. The largest absolute Gasteiger partial charge is 0.497 e. The molecule has 0 fully saturated rings. The number of methoxy groups -OCH3 is 1. The van der Waals surface area contributed by atoms with E-state index in [1.165, 1.54) is 18.1 Å². The summed E-state index contributed by atoms with van der Waals surface area (Å²) >= 11 is 0. The van der Waals surface area contributed by atoms with Gasteiger partial charge in [0.15, 0.2) is 6.10 Å². The molecule has 0 saturated carbocycles. The van der Waals surface area contributed by atoms with Crippen molar-refractivity contribution >= 4 is 11.9 Å². The molecule has 1 unspecified atom stereocenters. The number of benzene rings is 4. The highest BCUT2D eigenvalue weighted by Crippen LogP contribution is 2.22. The molecule has 5 nitrogen and oxygen atoms in total. The maximum absolute atomic E-state index is 12.5. The summed E-state index contributed by atoms with van der Waals surface area (Å²) in [7, 11) is 1.66. The lowest BCUT2D eigenvalue weighted by Crippen LogP contribution is -2.26. The lowest BCUT2D eigenvalue weighted by molar-refractivity contribution is -0.154. The van der Waals surface area contributed by atoms with Crippen LogP contribution in [-0.4, -0.2) is 25.2 Å². The average Bonchev–Trinajstić information content (AvgIpc) is 2.93. The van der Waals surface area contributed by atoms with Gasteiger partial charge in [-0.3, -0.25) is 0 Å². The normalized spacial score (nSPS) is 11.4. The second kappa shape index (κ2) is 11.8. The van der Waals surface area contributed by atoms with Gasteiger partial charge in [0.05, 0.1) is 12.7 Å². The number of carbonyl (C=O) groups excluding carboxylic acids is 2. The van der Waals surface area contributed by atoms with Gasteiger partial charge in [0.2, 0.25) is 0 Å². The van der Waals surface area contributed by atoms with Crippen LogP contribution in [0.25, 0.3) is 11.1 Å². The maximum Gasteiger partial charge on any atom is 0.347 e. The number of rotatable bonds is 9. The minimum Gasteiger partial charge on any atom is -0.497 e. The Hall–Kier alpha value is -4.38.